The van der Waals surface area contributed by atoms with Gasteiger partial charge in [-0.2, -0.15) is 10.1 Å². The molecule has 38 heavy (non-hydrogen) atoms. The SMILES string of the molecule is COc1ccc(NC(=O)C[C@@H]2SC(N3N=C(c4ccc(OC)cc4)C[C@H]3c3ccccc3F)=NC2=O)cc1. The molecule has 2 heterocycles. The molecule has 0 fully saturated rings. The lowest BCUT2D eigenvalue weighted by Crippen LogP contribution is -2.25. The van der Waals surface area contributed by atoms with Crippen LogP contribution in [0.5, 0.6) is 11.5 Å². The van der Waals surface area contributed by atoms with E-state index in [0.717, 1.165) is 23.0 Å². The highest BCUT2D eigenvalue weighted by Crippen LogP contribution is 2.39. The number of benzene rings is 3. The van der Waals surface area contributed by atoms with Crippen LogP contribution in [0, 0.1) is 5.82 Å². The molecule has 8 nitrogen and oxygen atoms in total. The molecule has 2 aliphatic heterocycles. The van der Waals surface area contributed by atoms with Crippen LogP contribution < -0.4 is 14.8 Å². The maximum atomic E-state index is 14.8. The second kappa shape index (κ2) is 11.1. The summed E-state index contributed by atoms with van der Waals surface area (Å²) in [5, 5.41) is 8.78. The molecule has 3 aromatic rings. The topological polar surface area (TPSA) is 92.6 Å². The predicted molar refractivity (Wildman–Crippen MR) is 145 cm³/mol. The molecule has 2 atom stereocenters. The lowest BCUT2D eigenvalue weighted by molar-refractivity contribution is -0.121. The number of aliphatic imine (C=N–C) groups is 1. The Bertz CT molecular complexity index is 1410. The number of amidine groups is 1. The van der Waals surface area contributed by atoms with Gasteiger partial charge in [-0.05, 0) is 60.2 Å². The number of nitrogens with one attached hydrogen (secondary N) is 1. The third-order valence-corrected chi connectivity index (χ3v) is 7.41. The van der Waals surface area contributed by atoms with E-state index >= 15 is 0 Å². The molecule has 194 valence electrons. The first-order valence-electron chi connectivity index (χ1n) is 11.9. The number of ether oxygens (including phenoxy) is 2. The van der Waals surface area contributed by atoms with Gasteiger partial charge in [0, 0.05) is 24.1 Å². The number of amides is 2. The lowest BCUT2D eigenvalue weighted by atomic mass is 9.98. The normalized spacial score (nSPS) is 18.7. The summed E-state index contributed by atoms with van der Waals surface area (Å²) in [5.41, 5.74) is 2.65. The highest BCUT2D eigenvalue weighted by atomic mass is 32.2. The molecule has 3 aromatic carbocycles. The molecular formula is C28H25FN4O4S. The second-order valence-electron chi connectivity index (χ2n) is 8.68. The summed E-state index contributed by atoms with van der Waals surface area (Å²) in [6, 6.07) is 20.4. The summed E-state index contributed by atoms with van der Waals surface area (Å²) in [7, 11) is 3.16. The van der Waals surface area contributed by atoms with Gasteiger partial charge in [0.2, 0.25) is 5.91 Å². The zero-order valence-electron chi connectivity index (χ0n) is 20.8. The minimum absolute atomic E-state index is 0.0597. The predicted octanol–water partition coefficient (Wildman–Crippen LogP) is 5.02. The average Bonchev–Trinajstić information content (AvgIpc) is 3.53. The van der Waals surface area contributed by atoms with E-state index in [1.165, 1.54) is 6.07 Å². The molecule has 0 saturated heterocycles. The Balaban J connectivity index is 1.34. The lowest BCUT2D eigenvalue weighted by Gasteiger charge is -2.23. The Kier molecular flexibility index (Phi) is 7.41. The van der Waals surface area contributed by atoms with Gasteiger partial charge in [0.05, 0.1) is 26.0 Å². The fourth-order valence-corrected chi connectivity index (χ4v) is 5.35. The summed E-state index contributed by atoms with van der Waals surface area (Å²) in [4.78, 5) is 29.6. The maximum Gasteiger partial charge on any atom is 0.262 e. The molecule has 5 rings (SSSR count). The standard InChI is InChI=1S/C28H25FN4O4S/c1-36-19-11-7-17(8-12-19)23-15-24(21-5-3-4-6-22(21)29)33(32-23)28-31-27(35)25(38-28)16-26(34)30-18-9-13-20(37-2)14-10-18/h3-14,24-25H,15-16H2,1-2H3,(H,30,34)/t24-,25-/m0/s1. The Morgan fingerprint density at radius 3 is 2.34 bits per heavy atom. The maximum absolute atomic E-state index is 14.8. The van der Waals surface area contributed by atoms with Gasteiger partial charge in [0.1, 0.15) is 22.6 Å². The van der Waals surface area contributed by atoms with Crippen molar-refractivity contribution in [2.45, 2.75) is 24.1 Å². The molecule has 2 aliphatic rings. The van der Waals surface area contributed by atoms with Gasteiger partial charge in [-0.3, -0.25) is 9.59 Å². The van der Waals surface area contributed by atoms with Crippen LogP contribution in [0.3, 0.4) is 0 Å². The number of methoxy groups -OCH3 is 2. The monoisotopic (exact) mass is 532 g/mol. The number of hydrogen-bond donors (Lipinski definition) is 1. The van der Waals surface area contributed by atoms with Crippen LogP contribution in [0.2, 0.25) is 0 Å². The van der Waals surface area contributed by atoms with Gasteiger partial charge in [-0.1, -0.05) is 30.0 Å². The highest BCUT2D eigenvalue weighted by Gasteiger charge is 2.39. The van der Waals surface area contributed by atoms with Crippen molar-refractivity contribution in [3.8, 4) is 11.5 Å². The van der Waals surface area contributed by atoms with Crippen LogP contribution in [-0.4, -0.2) is 47.2 Å². The van der Waals surface area contributed by atoms with Gasteiger partial charge >= 0.3 is 0 Å². The first kappa shape index (κ1) is 25.5. The zero-order chi connectivity index (χ0) is 26.6. The van der Waals surface area contributed by atoms with Crippen molar-refractivity contribution < 1.29 is 23.5 Å². The first-order chi connectivity index (χ1) is 18.4. The quantitative estimate of drug-likeness (QED) is 0.459. The van der Waals surface area contributed by atoms with E-state index in [1.54, 1.807) is 61.7 Å². The minimum Gasteiger partial charge on any atom is -0.497 e. The van der Waals surface area contributed by atoms with Crippen LogP contribution in [0.25, 0.3) is 0 Å². The van der Waals surface area contributed by atoms with E-state index in [1.807, 2.05) is 24.3 Å². The van der Waals surface area contributed by atoms with Crippen molar-refractivity contribution in [2.75, 3.05) is 19.5 Å². The molecule has 0 aromatic heterocycles. The number of rotatable bonds is 7. The fourth-order valence-electron chi connectivity index (χ4n) is 4.29. The van der Waals surface area contributed by atoms with Crippen LogP contribution in [0.1, 0.15) is 30.0 Å². The molecule has 0 spiro atoms. The van der Waals surface area contributed by atoms with Gasteiger partial charge in [0.25, 0.3) is 5.91 Å². The van der Waals surface area contributed by atoms with Crippen molar-refractivity contribution in [2.24, 2.45) is 10.1 Å². The molecule has 0 saturated carbocycles. The zero-order valence-corrected chi connectivity index (χ0v) is 21.6. The van der Waals surface area contributed by atoms with E-state index in [-0.39, 0.29) is 18.1 Å². The van der Waals surface area contributed by atoms with Crippen LogP contribution >= 0.6 is 11.8 Å². The van der Waals surface area contributed by atoms with Crippen molar-refractivity contribution in [3.05, 3.63) is 89.7 Å². The third kappa shape index (κ3) is 5.40. The first-order valence-corrected chi connectivity index (χ1v) is 12.8. The smallest absolute Gasteiger partial charge is 0.262 e. The molecule has 2 amide bonds. The van der Waals surface area contributed by atoms with Gasteiger partial charge in [-0.15, -0.1) is 0 Å². The van der Waals surface area contributed by atoms with E-state index in [9.17, 15) is 14.0 Å². The van der Waals surface area contributed by atoms with E-state index in [2.05, 4.69) is 10.3 Å². The Morgan fingerprint density at radius 1 is 1.03 bits per heavy atom. The fraction of sp³-hybridized carbons (Fsp3) is 0.214. The number of carbonyl (C=O) groups is 2. The average molecular weight is 533 g/mol. The third-order valence-electron chi connectivity index (χ3n) is 6.27. The summed E-state index contributed by atoms with van der Waals surface area (Å²) < 4.78 is 25.2. The number of hydrogen-bond acceptors (Lipinski definition) is 7. The van der Waals surface area contributed by atoms with Crippen molar-refractivity contribution in [1.82, 2.24) is 5.01 Å². The summed E-state index contributed by atoms with van der Waals surface area (Å²) in [5.74, 6) is 0.292. The van der Waals surface area contributed by atoms with Gasteiger partial charge < -0.3 is 14.8 Å². The number of hydrazone groups is 1. The molecule has 0 aliphatic carbocycles. The van der Waals surface area contributed by atoms with E-state index < -0.39 is 17.2 Å². The number of nitrogens with zero attached hydrogens (tertiary/aromatic N) is 3. The van der Waals surface area contributed by atoms with Crippen molar-refractivity contribution in [1.29, 1.82) is 0 Å². The highest BCUT2D eigenvalue weighted by molar-refractivity contribution is 8.15. The van der Waals surface area contributed by atoms with E-state index in [4.69, 9.17) is 14.6 Å². The molecule has 0 radical (unpaired) electrons. The van der Waals surface area contributed by atoms with Crippen molar-refractivity contribution in [3.63, 3.8) is 0 Å². The van der Waals surface area contributed by atoms with Gasteiger partial charge in [-0.25, -0.2) is 9.40 Å². The summed E-state index contributed by atoms with van der Waals surface area (Å²) in [6.45, 7) is 0. The number of halogens is 1. The number of thioether (sulfide) groups is 1. The van der Waals surface area contributed by atoms with E-state index in [0.29, 0.717) is 34.3 Å². The Hall–Kier alpha value is -4.18. The number of anilines is 1. The van der Waals surface area contributed by atoms with Crippen LogP contribution in [-0.2, 0) is 9.59 Å². The van der Waals surface area contributed by atoms with Crippen LogP contribution in [0.4, 0.5) is 10.1 Å². The van der Waals surface area contributed by atoms with Crippen LogP contribution in [0.15, 0.2) is 82.9 Å². The Morgan fingerprint density at radius 2 is 1.68 bits per heavy atom. The molecule has 1 N–H and O–H groups in total. The molecular weight excluding hydrogens is 507 g/mol. The Labute approximate surface area is 223 Å². The summed E-state index contributed by atoms with van der Waals surface area (Å²) >= 11 is 1.16. The number of carbonyl (C=O) groups excluding carboxylic acids is 2. The molecule has 0 bridgehead atoms. The molecule has 0 unspecified atom stereocenters. The molecule has 10 heteroatoms. The minimum atomic E-state index is -0.704. The second-order valence-corrected chi connectivity index (χ2v) is 9.85. The van der Waals surface area contributed by atoms with Crippen molar-refractivity contribution >= 4 is 40.1 Å². The summed E-state index contributed by atoms with van der Waals surface area (Å²) in [6.07, 6.45) is 0.361. The largest absolute Gasteiger partial charge is 0.497 e. The van der Waals surface area contributed by atoms with Gasteiger partial charge in [0.15, 0.2) is 5.17 Å².